The Hall–Kier alpha value is -1.59. The highest BCUT2D eigenvalue weighted by Crippen LogP contribution is 2.35. The lowest BCUT2D eigenvalue weighted by molar-refractivity contribution is 0.394. The van der Waals surface area contributed by atoms with Gasteiger partial charge in [-0.25, -0.2) is 4.98 Å². The van der Waals surface area contributed by atoms with Crippen LogP contribution in [0.4, 0.5) is 0 Å². The Morgan fingerprint density at radius 3 is 2.65 bits per heavy atom. The molecule has 0 fully saturated rings. The first kappa shape index (κ1) is 14.8. The van der Waals surface area contributed by atoms with Gasteiger partial charge in [-0.15, -0.1) is 11.3 Å². The molecule has 1 unspecified atom stereocenters. The third-order valence-electron chi connectivity index (χ3n) is 3.20. The van der Waals surface area contributed by atoms with E-state index in [2.05, 4.69) is 17.2 Å². The molecule has 0 amide bonds. The number of thiazole rings is 1. The number of aromatic nitrogens is 1. The average molecular weight is 292 g/mol. The van der Waals surface area contributed by atoms with Gasteiger partial charge in [0, 0.05) is 10.4 Å². The number of hydrogen-bond donors (Lipinski definition) is 1. The van der Waals surface area contributed by atoms with Crippen molar-refractivity contribution in [2.75, 3.05) is 20.8 Å². The molecule has 4 nitrogen and oxygen atoms in total. The van der Waals surface area contributed by atoms with Gasteiger partial charge in [-0.3, -0.25) is 0 Å². The fraction of sp³-hybridized carbons (Fsp3) is 0.400. The molecule has 108 valence electrons. The predicted molar refractivity (Wildman–Crippen MR) is 81.9 cm³/mol. The van der Waals surface area contributed by atoms with E-state index in [0.29, 0.717) is 0 Å². The van der Waals surface area contributed by atoms with Crippen LogP contribution in [0.2, 0.25) is 0 Å². The van der Waals surface area contributed by atoms with Crippen molar-refractivity contribution < 1.29 is 9.47 Å². The molecule has 0 saturated heterocycles. The van der Waals surface area contributed by atoms with Gasteiger partial charge in [0.1, 0.15) is 11.5 Å². The second kappa shape index (κ2) is 6.72. The normalized spacial score (nSPS) is 12.2. The molecule has 1 atom stereocenters. The number of nitrogens with one attached hydrogen (secondary N) is 1. The molecule has 0 bridgehead atoms. The largest absolute Gasteiger partial charge is 0.497 e. The topological polar surface area (TPSA) is 43.4 Å². The highest BCUT2D eigenvalue weighted by atomic mass is 32.1. The van der Waals surface area contributed by atoms with Crippen molar-refractivity contribution in [2.45, 2.75) is 19.9 Å². The van der Waals surface area contributed by atoms with Crippen LogP contribution in [0.5, 0.6) is 11.5 Å². The fourth-order valence-corrected chi connectivity index (χ4v) is 3.10. The number of aryl methyl sites for hydroxylation is 1. The Bertz CT molecular complexity index is 569. The summed E-state index contributed by atoms with van der Waals surface area (Å²) in [5.74, 6) is 1.68. The van der Waals surface area contributed by atoms with E-state index >= 15 is 0 Å². The third kappa shape index (κ3) is 2.94. The number of benzene rings is 1. The molecule has 0 aliphatic heterocycles. The van der Waals surface area contributed by atoms with Gasteiger partial charge in [0.15, 0.2) is 0 Å². The first-order valence-electron chi connectivity index (χ1n) is 6.56. The molecule has 1 heterocycles. The van der Waals surface area contributed by atoms with Gasteiger partial charge >= 0.3 is 0 Å². The lowest BCUT2D eigenvalue weighted by Crippen LogP contribution is -2.22. The molecule has 0 radical (unpaired) electrons. The van der Waals surface area contributed by atoms with Crippen LogP contribution in [0.15, 0.2) is 23.7 Å². The Morgan fingerprint density at radius 1 is 1.30 bits per heavy atom. The summed E-state index contributed by atoms with van der Waals surface area (Å²) in [6.45, 7) is 4.99. The molecule has 0 saturated carbocycles. The third-order valence-corrected chi connectivity index (χ3v) is 4.20. The monoisotopic (exact) mass is 292 g/mol. The summed E-state index contributed by atoms with van der Waals surface area (Å²) in [6, 6.07) is 5.93. The highest BCUT2D eigenvalue weighted by Gasteiger charge is 2.21. The molecule has 0 aliphatic carbocycles. The lowest BCUT2D eigenvalue weighted by Gasteiger charge is -2.21. The minimum Gasteiger partial charge on any atom is -0.497 e. The standard InChI is InChI=1S/C15H20N2O2S/c1-5-16-14(15-10(2)17-9-20-15)12-8-11(18-3)6-7-13(12)19-4/h6-9,14,16H,5H2,1-4H3. The van der Waals surface area contributed by atoms with Crippen molar-refractivity contribution in [3.05, 3.63) is 39.8 Å². The molecular weight excluding hydrogens is 272 g/mol. The summed E-state index contributed by atoms with van der Waals surface area (Å²) >= 11 is 1.66. The van der Waals surface area contributed by atoms with Crippen LogP contribution in [-0.2, 0) is 0 Å². The second-order valence-electron chi connectivity index (χ2n) is 4.40. The summed E-state index contributed by atoms with van der Waals surface area (Å²) in [4.78, 5) is 5.56. The molecular formula is C15H20N2O2S. The van der Waals surface area contributed by atoms with Crippen LogP contribution in [0.3, 0.4) is 0 Å². The van der Waals surface area contributed by atoms with Gasteiger partial charge in [0.25, 0.3) is 0 Å². The van der Waals surface area contributed by atoms with Crippen LogP contribution in [0.1, 0.15) is 29.1 Å². The molecule has 1 N–H and O–H groups in total. The summed E-state index contributed by atoms with van der Waals surface area (Å²) in [5.41, 5.74) is 3.99. The number of rotatable bonds is 6. The summed E-state index contributed by atoms with van der Waals surface area (Å²) in [7, 11) is 3.36. The van der Waals surface area contributed by atoms with Crippen LogP contribution >= 0.6 is 11.3 Å². The van der Waals surface area contributed by atoms with Gasteiger partial charge < -0.3 is 14.8 Å². The van der Waals surface area contributed by atoms with E-state index in [9.17, 15) is 0 Å². The molecule has 2 aromatic rings. The SMILES string of the molecule is CCNC(c1cc(OC)ccc1OC)c1scnc1C. The van der Waals surface area contributed by atoms with Gasteiger partial charge in [-0.1, -0.05) is 6.92 Å². The number of nitrogens with zero attached hydrogens (tertiary/aromatic N) is 1. The zero-order chi connectivity index (χ0) is 14.5. The Morgan fingerprint density at radius 2 is 2.10 bits per heavy atom. The maximum atomic E-state index is 5.50. The van der Waals surface area contributed by atoms with Crippen LogP contribution in [0.25, 0.3) is 0 Å². The van der Waals surface area contributed by atoms with E-state index in [1.807, 2.05) is 30.6 Å². The Labute approximate surface area is 123 Å². The summed E-state index contributed by atoms with van der Waals surface area (Å²) in [5, 5.41) is 3.50. The summed E-state index contributed by atoms with van der Waals surface area (Å²) in [6.07, 6.45) is 0. The van der Waals surface area contributed by atoms with Crippen molar-refractivity contribution in [3.8, 4) is 11.5 Å². The maximum absolute atomic E-state index is 5.50. The van der Waals surface area contributed by atoms with E-state index < -0.39 is 0 Å². The number of hydrogen-bond acceptors (Lipinski definition) is 5. The van der Waals surface area contributed by atoms with E-state index in [1.54, 1.807) is 25.6 Å². The minimum atomic E-state index is 0.0672. The van der Waals surface area contributed by atoms with E-state index in [0.717, 1.165) is 29.3 Å². The maximum Gasteiger partial charge on any atom is 0.124 e. The highest BCUT2D eigenvalue weighted by molar-refractivity contribution is 7.09. The van der Waals surface area contributed by atoms with Crippen LogP contribution in [-0.4, -0.2) is 25.7 Å². The number of methoxy groups -OCH3 is 2. The smallest absolute Gasteiger partial charge is 0.124 e. The van der Waals surface area contributed by atoms with E-state index in [1.165, 1.54) is 4.88 Å². The van der Waals surface area contributed by atoms with Crippen molar-refractivity contribution in [2.24, 2.45) is 0 Å². The minimum absolute atomic E-state index is 0.0672. The fourth-order valence-electron chi connectivity index (χ4n) is 2.20. The Kier molecular flexibility index (Phi) is 4.98. The average Bonchev–Trinajstić information content (AvgIpc) is 2.90. The van der Waals surface area contributed by atoms with Crippen LogP contribution < -0.4 is 14.8 Å². The zero-order valence-electron chi connectivity index (χ0n) is 12.3. The van der Waals surface area contributed by atoms with Gasteiger partial charge in [-0.05, 0) is 31.7 Å². The van der Waals surface area contributed by atoms with Crippen molar-refractivity contribution >= 4 is 11.3 Å². The van der Waals surface area contributed by atoms with Crippen molar-refractivity contribution in [1.29, 1.82) is 0 Å². The first-order chi connectivity index (χ1) is 9.71. The molecule has 1 aromatic carbocycles. The quantitative estimate of drug-likeness (QED) is 0.888. The molecule has 1 aromatic heterocycles. The van der Waals surface area contributed by atoms with Crippen molar-refractivity contribution in [3.63, 3.8) is 0 Å². The van der Waals surface area contributed by atoms with Gasteiger partial charge in [0.2, 0.25) is 0 Å². The predicted octanol–water partition coefficient (Wildman–Crippen LogP) is 3.17. The molecule has 5 heteroatoms. The second-order valence-corrected chi connectivity index (χ2v) is 5.29. The molecule has 0 spiro atoms. The van der Waals surface area contributed by atoms with E-state index in [-0.39, 0.29) is 6.04 Å². The van der Waals surface area contributed by atoms with E-state index in [4.69, 9.17) is 9.47 Å². The number of ether oxygens (including phenoxy) is 2. The molecule has 20 heavy (non-hydrogen) atoms. The van der Waals surface area contributed by atoms with Crippen LogP contribution in [0, 0.1) is 6.92 Å². The zero-order valence-corrected chi connectivity index (χ0v) is 13.1. The molecule has 0 aliphatic rings. The molecule has 2 rings (SSSR count). The van der Waals surface area contributed by atoms with Gasteiger partial charge in [-0.2, -0.15) is 0 Å². The lowest BCUT2D eigenvalue weighted by atomic mass is 10.0. The first-order valence-corrected chi connectivity index (χ1v) is 7.44. The summed E-state index contributed by atoms with van der Waals surface area (Å²) < 4.78 is 10.8. The van der Waals surface area contributed by atoms with Crippen molar-refractivity contribution in [1.82, 2.24) is 10.3 Å². The Balaban J connectivity index is 2.50. The van der Waals surface area contributed by atoms with Gasteiger partial charge in [0.05, 0.1) is 31.5 Å².